The van der Waals surface area contributed by atoms with E-state index in [-0.39, 0.29) is 17.2 Å². The molecule has 0 aliphatic rings. The van der Waals surface area contributed by atoms with Gasteiger partial charge in [-0.15, -0.1) is 0 Å². The molecule has 5 heteroatoms. The van der Waals surface area contributed by atoms with Gasteiger partial charge in [0.25, 0.3) is 0 Å². The van der Waals surface area contributed by atoms with Gasteiger partial charge in [0.2, 0.25) is 0 Å². The van der Waals surface area contributed by atoms with Crippen LogP contribution >= 0.6 is 0 Å². The number of hydrogen-bond acceptors (Lipinski definition) is 4. The van der Waals surface area contributed by atoms with Crippen molar-refractivity contribution < 1.29 is 13.2 Å². The van der Waals surface area contributed by atoms with Gasteiger partial charge in [0.15, 0.2) is 15.6 Å². The van der Waals surface area contributed by atoms with E-state index in [1.54, 1.807) is 13.0 Å². The lowest BCUT2D eigenvalue weighted by molar-refractivity contribution is 0.100. The summed E-state index contributed by atoms with van der Waals surface area (Å²) >= 11 is 0. The van der Waals surface area contributed by atoms with Crippen molar-refractivity contribution in [2.24, 2.45) is 5.73 Å². The summed E-state index contributed by atoms with van der Waals surface area (Å²) in [5.41, 5.74) is 6.34. The molecule has 0 amide bonds. The number of sulfone groups is 1. The highest BCUT2D eigenvalue weighted by Gasteiger charge is 2.12. The van der Waals surface area contributed by atoms with Crippen LogP contribution in [0.4, 0.5) is 0 Å². The molecule has 0 saturated carbocycles. The van der Waals surface area contributed by atoms with Gasteiger partial charge in [0.05, 0.1) is 11.4 Å². The number of nitrogens with two attached hydrogens (primary N) is 1. The van der Waals surface area contributed by atoms with Gasteiger partial charge >= 0.3 is 0 Å². The van der Waals surface area contributed by atoms with E-state index in [9.17, 15) is 13.2 Å². The Kier molecular flexibility index (Phi) is 3.26. The Balaban J connectivity index is 3.36. The summed E-state index contributed by atoms with van der Waals surface area (Å²) in [7, 11) is -3.28. The first-order valence-electron chi connectivity index (χ1n) is 4.40. The van der Waals surface area contributed by atoms with Crippen LogP contribution < -0.4 is 5.73 Å². The molecule has 2 N–H and O–H groups in total. The number of ketones is 1. The number of aryl methyl sites for hydroxylation is 1. The minimum Gasteiger partial charge on any atom is -0.324 e. The number of hydrogen-bond donors (Lipinski definition) is 1. The molecular weight excluding hydrogens is 214 g/mol. The monoisotopic (exact) mass is 227 g/mol. The third kappa shape index (κ3) is 2.64. The van der Waals surface area contributed by atoms with Crippen molar-refractivity contribution in [3.63, 3.8) is 0 Å². The lowest BCUT2D eigenvalue weighted by Crippen LogP contribution is -2.15. The number of benzene rings is 1. The molecule has 0 aliphatic carbocycles. The van der Waals surface area contributed by atoms with Crippen molar-refractivity contribution in [2.75, 3.05) is 12.8 Å². The topological polar surface area (TPSA) is 77.2 Å². The molecule has 0 bridgehead atoms. The molecule has 0 aromatic heterocycles. The third-order valence-corrected chi connectivity index (χ3v) is 3.23. The minimum atomic E-state index is -3.28. The molecule has 0 atom stereocenters. The fourth-order valence-electron chi connectivity index (χ4n) is 1.24. The molecule has 15 heavy (non-hydrogen) atoms. The zero-order chi connectivity index (χ0) is 11.6. The molecule has 1 aromatic carbocycles. The van der Waals surface area contributed by atoms with Crippen LogP contribution in [0.5, 0.6) is 0 Å². The molecule has 82 valence electrons. The second-order valence-electron chi connectivity index (χ2n) is 3.38. The lowest BCUT2D eigenvalue weighted by Gasteiger charge is -2.05. The van der Waals surface area contributed by atoms with Crippen LogP contribution in [0.25, 0.3) is 0 Å². The van der Waals surface area contributed by atoms with Crippen LogP contribution in [-0.4, -0.2) is 27.0 Å². The molecule has 0 fully saturated rings. The second kappa shape index (κ2) is 4.12. The van der Waals surface area contributed by atoms with Crippen LogP contribution in [0.2, 0.25) is 0 Å². The fraction of sp³-hybridized carbons (Fsp3) is 0.300. The molecule has 1 aromatic rings. The first kappa shape index (κ1) is 11.9. The normalized spacial score (nSPS) is 11.4. The highest BCUT2D eigenvalue weighted by atomic mass is 32.2. The molecule has 0 heterocycles. The van der Waals surface area contributed by atoms with Gasteiger partial charge in [-0.1, -0.05) is 6.07 Å². The van der Waals surface area contributed by atoms with Crippen molar-refractivity contribution in [2.45, 2.75) is 11.8 Å². The van der Waals surface area contributed by atoms with Crippen molar-refractivity contribution >= 4 is 15.6 Å². The predicted molar refractivity (Wildman–Crippen MR) is 57.7 cm³/mol. The van der Waals surface area contributed by atoms with Crippen molar-refractivity contribution in [3.8, 4) is 0 Å². The summed E-state index contributed by atoms with van der Waals surface area (Å²) in [6, 6.07) is 4.47. The van der Waals surface area contributed by atoms with Crippen LogP contribution in [0.3, 0.4) is 0 Å². The molecular formula is C10H13NO3S. The van der Waals surface area contributed by atoms with E-state index < -0.39 is 9.84 Å². The van der Waals surface area contributed by atoms with Gasteiger partial charge in [-0.3, -0.25) is 4.79 Å². The van der Waals surface area contributed by atoms with Crippen LogP contribution in [0, 0.1) is 6.92 Å². The van der Waals surface area contributed by atoms with E-state index >= 15 is 0 Å². The largest absolute Gasteiger partial charge is 0.324 e. The zero-order valence-electron chi connectivity index (χ0n) is 8.65. The van der Waals surface area contributed by atoms with Crippen molar-refractivity contribution in [1.82, 2.24) is 0 Å². The quantitative estimate of drug-likeness (QED) is 0.764. The van der Waals surface area contributed by atoms with Gasteiger partial charge in [-0.05, 0) is 24.6 Å². The van der Waals surface area contributed by atoms with E-state index in [2.05, 4.69) is 0 Å². The maximum Gasteiger partial charge on any atom is 0.176 e. The van der Waals surface area contributed by atoms with E-state index in [0.717, 1.165) is 11.8 Å². The number of Topliss-reactive ketones (excluding diaryl/α,β-unsaturated/α-hetero) is 1. The second-order valence-corrected chi connectivity index (χ2v) is 5.39. The average Bonchev–Trinajstić information content (AvgIpc) is 2.15. The van der Waals surface area contributed by atoms with Crippen LogP contribution in [0.15, 0.2) is 23.1 Å². The van der Waals surface area contributed by atoms with E-state index in [1.807, 2.05) is 0 Å². The molecule has 0 spiro atoms. The summed E-state index contributed by atoms with van der Waals surface area (Å²) in [4.78, 5) is 11.5. The SMILES string of the molecule is Cc1ccc(S(C)(=O)=O)cc1C(=O)CN. The van der Waals surface area contributed by atoms with E-state index in [4.69, 9.17) is 5.73 Å². The molecule has 4 nitrogen and oxygen atoms in total. The Morgan fingerprint density at radius 3 is 2.47 bits per heavy atom. The number of rotatable bonds is 3. The van der Waals surface area contributed by atoms with Gasteiger partial charge in [-0.2, -0.15) is 0 Å². The first-order valence-corrected chi connectivity index (χ1v) is 6.29. The minimum absolute atomic E-state index is 0.117. The van der Waals surface area contributed by atoms with E-state index in [0.29, 0.717) is 5.56 Å². The smallest absolute Gasteiger partial charge is 0.176 e. The third-order valence-electron chi connectivity index (χ3n) is 2.12. The fourth-order valence-corrected chi connectivity index (χ4v) is 1.89. The maximum absolute atomic E-state index is 11.4. The molecule has 0 unspecified atom stereocenters. The average molecular weight is 227 g/mol. The Morgan fingerprint density at radius 2 is 2.00 bits per heavy atom. The van der Waals surface area contributed by atoms with Gasteiger partial charge < -0.3 is 5.73 Å². The van der Waals surface area contributed by atoms with Gasteiger partial charge in [0.1, 0.15) is 0 Å². The Morgan fingerprint density at radius 1 is 1.40 bits per heavy atom. The number of carbonyl (C=O) groups excluding carboxylic acids is 1. The molecule has 0 radical (unpaired) electrons. The Labute approximate surface area is 89.0 Å². The first-order chi connectivity index (χ1) is 6.86. The summed E-state index contributed by atoms with van der Waals surface area (Å²) < 4.78 is 22.5. The standard InChI is InChI=1S/C10H13NO3S/c1-7-3-4-8(15(2,13)14)5-9(7)10(12)6-11/h3-5H,6,11H2,1-2H3. The molecule has 0 saturated heterocycles. The van der Waals surface area contributed by atoms with Crippen molar-refractivity contribution in [3.05, 3.63) is 29.3 Å². The van der Waals surface area contributed by atoms with Gasteiger partial charge in [-0.25, -0.2) is 8.42 Å². The summed E-state index contributed by atoms with van der Waals surface area (Å²) in [5.74, 6) is -0.252. The van der Waals surface area contributed by atoms with Crippen molar-refractivity contribution in [1.29, 1.82) is 0 Å². The lowest BCUT2D eigenvalue weighted by atomic mass is 10.1. The predicted octanol–water partition coefficient (Wildman–Crippen LogP) is 0.540. The van der Waals surface area contributed by atoms with Crippen LogP contribution in [-0.2, 0) is 9.84 Å². The maximum atomic E-state index is 11.4. The zero-order valence-corrected chi connectivity index (χ0v) is 9.47. The summed E-state index contributed by atoms with van der Waals surface area (Å²) in [5, 5.41) is 0. The molecule has 0 aliphatic heterocycles. The summed E-state index contributed by atoms with van der Waals surface area (Å²) in [6.07, 6.45) is 1.11. The van der Waals surface area contributed by atoms with Crippen LogP contribution in [0.1, 0.15) is 15.9 Å². The number of carbonyl (C=O) groups is 1. The molecule has 1 rings (SSSR count). The van der Waals surface area contributed by atoms with E-state index in [1.165, 1.54) is 12.1 Å². The highest BCUT2D eigenvalue weighted by Crippen LogP contribution is 2.15. The highest BCUT2D eigenvalue weighted by molar-refractivity contribution is 7.90. The Hall–Kier alpha value is -1.20. The Bertz CT molecular complexity index is 491. The summed E-state index contributed by atoms with van der Waals surface area (Å²) in [6.45, 7) is 1.63. The van der Waals surface area contributed by atoms with Gasteiger partial charge in [0, 0.05) is 11.8 Å².